The van der Waals surface area contributed by atoms with E-state index in [1.54, 1.807) is 14.0 Å². The summed E-state index contributed by atoms with van der Waals surface area (Å²) in [6.07, 6.45) is 3.34. The zero-order valence-corrected chi connectivity index (χ0v) is 18.5. The molecule has 1 aromatic carbocycles. The summed E-state index contributed by atoms with van der Waals surface area (Å²) in [5.41, 5.74) is 0.959. The lowest BCUT2D eigenvalue weighted by atomic mass is 9.73. The van der Waals surface area contributed by atoms with Gasteiger partial charge in [0.1, 0.15) is 17.8 Å². The first kappa shape index (κ1) is 21.6. The molecule has 8 heteroatoms. The molecule has 168 valence electrons. The molecule has 3 fully saturated rings. The van der Waals surface area contributed by atoms with E-state index in [2.05, 4.69) is 16.7 Å². The molecule has 0 spiro atoms. The highest BCUT2D eigenvalue weighted by atomic mass is 16.5. The van der Waals surface area contributed by atoms with Crippen molar-refractivity contribution in [2.24, 2.45) is 5.92 Å². The Hall–Kier alpha value is -2.61. The average molecular weight is 430 g/mol. The molecule has 2 aliphatic heterocycles. The predicted molar refractivity (Wildman–Crippen MR) is 114 cm³/mol. The Morgan fingerprint density at radius 2 is 2.00 bits per heavy atom. The molecular weight excluding hydrogens is 398 g/mol. The van der Waals surface area contributed by atoms with Crippen LogP contribution in [0.1, 0.15) is 43.7 Å². The molecule has 1 saturated carbocycles. The van der Waals surface area contributed by atoms with Gasteiger partial charge in [0.2, 0.25) is 5.91 Å². The van der Waals surface area contributed by atoms with Crippen LogP contribution in [-0.2, 0) is 19.7 Å². The van der Waals surface area contributed by atoms with Gasteiger partial charge in [-0.25, -0.2) is 4.79 Å². The van der Waals surface area contributed by atoms with Crippen LogP contribution < -0.4 is 15.4 Å². The monoisotopic (exact) mass is 429 g/mol. The number of methoxy groups -OCH3 is 1. The maximum Gasteiger partial charge on any atom is 0.325 e. The summed E-state index contributed by atoms with van der Waals surface area (Å²) < 4.78 is 11.2. The second kappa shape index (κ2) is 8.15. The van der Waals surface area contributed by atoms with E-state index in [1.807, 2.05) is 19.1 Å². The van der Waals surface area contributed by atoms with E-state index in [4.69, 9.17) is 9.47 Å². The minimum absolute atomic E-state index is 0.163. The van der Waals surface area contributed by atoms with Crippen molar-refractivity contribution in [1.82, 2.24) is 15.5 Å². The third-order valence-corrected chi connectivity index (χ3v) is 7.00. The summed E-state index contributed by atoms with van der Waals surface area (Å²) in [5.74, 6) is 0.296. The zero-order valence-electron chi connectivity index (χ0n) is 18.5. The molecule has 1 unspecified atom stereocenters. The number of imide groups is 1. The molecule has 1 atom stereocenters. The zero-order chi connectivity index (χ0) is 22.2. The molecule has 4 amide bonds. The highest BCUT2D eigenvalue weighted by Gasteiger charge is 2.56. The second-order valence-corrected chi connectivity index (χ2v) is 9.17. The number of ether oxygens (including phenoxy) is 2. The molecule has 2 saturated heterocycles. The highest BCUT2D eigenvalue weighted by molar-refractivity contribution is 6.09. The van der Waals surface area contributed by atoms with E-state index in [1.165, 1.54) is 0 Å². The number of hydrogen-bond acceptors (Lipinski definition) is 5. The van der Waals surface area contributed by atoms with Gasteiger partial charge in [-0.05, 0) is 51.5 Å². The first-order valence-electron chi connectivity index (χ1n) is 10.9. The number of carbonyl (C=O) groups excluding carboxylic acids is 3. The fourth-order valence-electron chi connectivity index (χ4n) is 4.80. The molecule has 31 heavy (non-hydrogen) atoms. The van der Waals surface area contributed by atoms with Crippen LogP contribution in [0.3, 0.4) is 0 Å². The van der Waals surface area contributed by atoms with Crippen LogP contribution in [0.5, 0.6) is 5.75 Å². The number of rotatable bonds is 7. The Labute approximate surface area is 182 Å². The molecule has 0 aromatic heterocycles. The van der Waals surface area contributed by atoms with E-state index in [0.29, 0.717) is 19.8 Å². The molecule has 0 bridgehead atoms. The van der Waals surface area contributed by atoms with E-state index in [9.17, 15) is 14.4 Å². The van der Waals surface area contributed by atoms with Crippen molar-refractivity contribution < 1.29 is 23.9 Å². The number of nitrogens with one attached hydrogen (secondary N) is 2. The Kier molecular flexibility index (Phi) is 5.68. The van der Waals surface area contributed by atoms with Crippen LogP contribution in [0, 0.1) is 12.8 Å². The Balaban J connectivity index is 1.47. The summed E-state index contributed by atoms with van der Waals surface area (Å²) in [4.78, 5) is 39.0. The first-order valence-corrected chi connectivity index (χ1v) is 10.9. The number of aryl methyl sites for hydroxylation is 1. The topological polar surface area (TPSA) is 97.0 Å². The number of amides is 4. The third-order valence-electron chi connectivity index (χ3n) is 7.00. The number of nitrogens with zero attached hydrogens (tertiary/aromatic N) is 1. The van der Waals surface area contributed by atoms with Gasteiger partial charge in [0, 0.05) is 30.7 Å². The maximum absolute atomic E-state index is 12.8. The van der Waals surface area contributed by atoms with Gasteiger partial charge < -0.3 is 20.1 Å². The predicted octanol–water partition coefficient (Wildman–Crippen LogP) is 1.89. The molecule has 3 aliphatic rings. The van der Waals surface area contributed by atoms with Crippen LogP contribution in [-0.4, -0.2) is 61.7 Å². The van der Waals surface area contributed by atoms with Gasteiger partial charge in [0.25, 0.3) is 5.91 Å². The van der Waals surface area contributed by atoms with E-state index in [0.717, 1.165) is 47.5 Å². The van der Waals surface area contributed by atoms with Crippen molar-refractivity contribution in [2.45, 2.75) is 50.5 Å². The van der Waals surface area contributed by atoms with Crippen molar-refractivity contribution in [3.63, 3.8) is 0 Å². The lowest BCUT2D eigenvalue weighted by Crippen LogP contribution is -2.49. The van der Waals surface area contributed by atoms with Crippen molar-refractivity contribution >= 4 is 17.8 Å². The van der Waals surface area contributed by atoms with Crippen LogP contribution in [0.2, 0.25) is 0 Å². The van der Waals surface area contributed by atoms with Crippen LogP contribution in [0.25, 0.3) is 0 Å². The highest BCUT2D eigenvalue weighted by Crippen LogP contribution is 2.43. The molecule has 1 aromatic rings. The van der Waals surface area contributed by atoms with Crippen molar-refractivity contribution in [3.8, 4) is 5.75 Å². The maximum atomic E-state index is 12.8. The van der Waals surface area contributed by atoms with Gasteiger partial charge in [-0.3, -0.25) is 14.5 Å². The second-order valence-electron chi connectivity index (χ2n) is 9.17. The van der Waals surface area contributed by atoms with Crippen molar-refractivity contribution in [1.29, 1.82) is 0 Å². The lowest BCUT2D eigenvalue weighted by Gasteiger charge is -2.39. The quantitative estimate of drug-likeness (QED) is 0.645. The van der Waals surface area contributed by atoms with Gasteiger partial charge >= 0.3 is 6.03 Å². The average Bonchev–Trinajstić information content (AvgIpc) is 3.59. The molecule has 0 radical (unpaired) electrons. The van der Waals surface area contributed by atoms with Crippen LogP contribution >= 0.6 is 0 Å². The normalized spacial score (nSPS) is 25.3. The summed E-state index contributed by atoms with van der Waals surface area (Å²) in [6.45, 7) is 5.09. The fraction of sp³-hybridized carbons (Fsp3) is 0.609. The number of urea groups is 1. The number of hydrogen-bond donors (Lipinski definition) is 2. The third kappa shape index (κ3) is 4.01. The van der Waals surface area contributed by atoms with Crippen LogP contribution in [0.15, 0.2) is 18.2 Å². The molecule has 2 N–H and O–H groups in total. The van der Waals surface area contributed by atoms with E-state index >= 15 is 0 Å². The smallest absolute Gasteiger partial charge is 0.325 e. The minimum atomic E-state index is -0.881. The SMILES string of the molecule is COc1ccc(C)cc1C1(CNC(=O)CN2C(=O)NC(C)(C3CC3)C2=O)CCOCC1. The number of benzene rings is 1. The van der Waals surface area contributed by atoms with Crippen molar-refractivity contribution in [3.05, 3.63) is 29.3 Å². The van der Waals surface area contributed by atoms with Gasteiger partial charge in [0.15, 0.2) is 0 Å². The molecule has 4 rings (SSSR count). The van der Waals surface area contributed by atoms with Crippen LogP contribution in [0.4, 0.5) is 4.79 Å². The fourth-order valence-corrected chi connectivity index (χ4v) is 4.80. The molecule has 8 nitrogen and oxygen atoms in total. The summed E-state index contributed by atoms with van der Waals surface area (Å²) in [6, 6.07) is 5.57. The van der Waals surface area contributed by atoms with E-state index < -0.39 is 11.6 Å². The van der Waals surface area contributed by atoms with Crippen molar-refractivity contribution in [2.75, 3.05) is 33.4 Å². The summed E-state index contributed by atoms with van der Waals surface area (Å²) in [7, 11) is 1.65. The molecule has 2 heterocycles. The molecular formula is C23H31N3O5. The molecule has 1 aliphatic carbocycles. The Morgan fingerprint density at radius 3 is 2.65 bits per heavy atom. The van der Waals surface area contributed by atoms with Gasteiger partial charge in [0.05, 0.1) is 7.11 Å². The standard InChI is InChI=1S/C23H31N3O5/c1-15-4-7-18(30-3)17(12-15)23(8-10-31-11-9-23)14-24-19(27)13-26-20(28)22(2,16-5-6-16)25-21(26)29/h4,7,12,16H,5-6,8-11,13-14H2,1-3H3,(H,24,27)(H,25,29). The lowest BCUT2D eigenvalue weighted by molar-refractivity contribution is -0.135. The van der Waals surface area contributed by atoms with E-state index in [-0.39, 0.29) is 29.7 Å². The Bertz CT molecular complexity index is 891. The van der Waals surface area contributed by atoms with Gasteiger partial charge in [-0.2, -0.15) is 0 Å². The van der Waals surface area contributed by atoms with Gasteiger partial charge in [-0.1, -0.05) is 17.7 Å². The number of carbonyl (C=O) groups is 3. The largest absolute Gasteiger partial charge is 0.496 e. The van der Waals surface area contributed by atoms with Gasteiger partial charge in [-0.15, -0.1) is 0 Å². The Morgan fingerprint density at radius 1 is 1.29 bits per heavy atom. The summed E-state index contributed by atoms with van der Waals surface area (Å²) >= 11 is 0. The minimum Gasteiger partial charge on any atom is -0.496 e. The summed E-state index contributed by atoms with van der Waals surface area (Å²) in [5, 5.41) is 5.76. The first-order chi connectivity index (χ1) is 14.8.